The summed E-state index contributed by atoms with van der Waals surface area (Å²) >= 11 is 0. The summed E-state index contributed by atoms with van der Waals surface area (Å²) in [4.78, 5) is 0. The minimum atomic E-state index is -0.108. The van der Waals surface area contributed by atoms with Gasteiger partial charge in [0, 0.05) is 6.61 Å². The summed E-state index contributed by atoms with van der Waals surface area (Å²) in [5.74, 6) is 0.897. The van der Waals surface area contributed by atoms with Gasteiger partial charge in [-0.15, -0.1) is 0 Å². The van der Waals surface area contributed by atoms with Gasteiger partial charge < -0.3 is 14.8 Å². The summed E-state index contributed by atoms with van der Waals surface area (Å²) in [6.07, 6.45) is 3.53. The van der Waals surface area contributed by atoms with Crippen LogP contribution in [0, 0.1) is 0 Å². The van der Waals surface area contributed by atoms with E-state index in [4.69, 9.17) is 9.47 Å². The summed E-state index contributed by atoms with van der Waals surface area (Å²) in [7, 11) is 1.70. The van der Waals surface area contributed by atoms with Crippen molar-refractivity contribution in [2.24, 2.45) is 0 Å². The predicted octanol–water partition coefficient (Wildman–Crippen LogP) is 3.31. The van der Waals surface area contributed by atoms with E-state index in [-0.39, 0.29) is 11.6 Å². The highest BCUT2D eigenvalue weighted by Crippen LogP contribution is 2.36. The summed E-state index contributed by atoms with van der Waals surface area (Å²) in [6.45, 7) is 6.18. The van der Waals surface area contributed by atoms with Crippen molar-refractivity contribution in [3.8, 4) is 5.75 Å². The molecule has 2 atom stereocenters. The minimum Gasteiger partial charge on any atom is -0.497 e. The van der Waals surface area contributed by atoms with Gasteiger partial charge in [-0.2, -0.15) is 0 Å². The van der Waals surface area contributed by atoms with E-state index in [0.717, 1.165) is 25.3 Å². The van der Waals surface area contributed by atoms with Gasteiger partial charge in [0.05, 0.1) is 18.8 Å². The molecular formula is C16H25NO2. The van der Waals surface area contributed by atoms with Crippen LogP contribution in [0.1, 0.15) is 44.7 Å². The zero-order valence-corrected chi connectivity index (χ0v) is 12.2. The summed E-state index contributed by atoms with van der Waals surface area (Å²) < 4.78 is 11.3. The van der Waals surface area contributed by atoms with Gasteiger partial charge in [0.2, 0.25) is 0 Å². The van der Waals surface area contributed by atoms with Crippen LogP contribution in [0.15, 0.2) is 24.3 Å². The van der Waals surface area contributed by atoms with E-state index >= 15 is 0 Å². The van der Waals surface area contributed by atoms with Gasteiger partial charge in [-0.25, -0.2) is 0 Å². The highest BCUT2D eigenvalue weighted by molar-refractivity contribution is 5.30. The third-order valence-corrected chi connectivity index (χ3v) is 3.97. The Bertz CT molecular complexity index is 382. The minimum absolute atomic E-state index is 0.108. The number of methoxy groups -OCH3 is 1. The average molecular weight is 263 g/mol. The van der Waals surface area contributed by atoms with Crippen molar-refractivity contribution in [3.05, 3.63) is 29.8 Å². The second-order valence-electron chi connectivity index (χ2n) is 5.38. The Morgan fingerprint density at radius 3 is 2.58 bits per heavy atom. The predicted molar refractivity (Wildman–Crippen MR) is 77.6 cm³/mol. The lowest BCUT2D eigenvalue weighted by molar-refractivity contribution is -0.0895. The first-order valence-electron chi connectivity index (χ1n) is 7.21. The number of benzene rings is 1. The zero-order valence-electron chi connectivity index (χ0n) is 12.2. The average Bonchev–Trinajstić information content (AvgIpc) is 2.45. The lowest BCUT2D eigenvalue weighted by Gasteiger charge is -2.41. The number of hydrogen-bond donors (Lipinski definition) is 1. The van der Waals surface area contributed by atoms with Gasteiger partial charge in [-0.1, -0.05) is 19.1 Å². The van der Waals surface area contributed by atoms with Gasteiger partial charge in [0.15, 0.2) is 0 Å². The van der Waals surface area contributed by atoms with Crippen LogP contribution in [0.4, 0.5) is 0 Å². The van der Waals surface area contributed by atoms with Crippen molar-refractivity contribution in [2.75, 3.05) is 20.3 Å². The topological polar surface area (TPSA) is 30.5 Å². The van der Waals surface area contributed by atoms with Crippen molar-refractivity contribution in [1.82, 2.24) is 5.32 Å². The molecule has 19 heavy (non-hydrogen) atoms. The van der Waals surface area contributed by atoms with Crippen LogP contribution >= 0.6 is 0 Å². The van der Waals surface area contributed by atoms with Gasteiger partial charge in [-0.3, -0.25) is 0 Å². The first-order chi connectivity index (χ1) is 9.19. The SMILES string of the molecule is CCNC(c1ccc(OC)cc1)C1(C)CCCCO1. The zero-order chi connectivity index (χ0) is 13.7. The van der Waals surface area contributed by atoms with E-state index in [2.05, 4.69) is 31.3 Å². The Labute approximate surface area is 116 Å². The molecule has 1 N–H and O–H groups in total. The fourth-order valence-electron chi connectivity index (χ4n) is 2.87. The molecule has 1 aromatic rings. The van der Waals surface area contributed by atoms with E-state index < -0.39 is 0 Å². The lowest BCUT2D eigenvalue weighted by atomic mass is 9.84. The molecule has 1 saturated heterocycles. The van der Waals surface area contributed by atoms with E-state index in [9.17, 15) is 0 Å². The van der Waals surface area contributed by atoms with Crippen molar-refractivity contribution in [2.45, 2.75) is 44.8 Å². The highest BCUT2D eigenvalue weighted by atomic mass is 16.5. The maximum absolute atomic E-state index is 6.10. The molecule has 0 aromatic heterocycles. The van der Waals surface area contributed by atoms with E-state index in [0.29, 0.717) is 0 Å². The Balaban J connectivity index is 2.22. The maximum Gasteiger partial charge on any atom is 0.118 e. The molecule has 1 aromatic carbocycles. The maximum atomic E-state index is 6.10. The fourth-order valence-corrected chi connectivity index (χ4v) is 2.87. The number of hydrogen-bond acceptors (Lipinski definition) is 3. The van der Waals surface area contributed by atoms with Crippen LogP contribution in [-0.4, -0.2) is 25.9 Å². The van der Waals surface area contributed by atoms with E-state index in [1.54, 1.807) is 7.11 Å². The molecule has 0 aliphatic carbocycles. The first-order valence-corrected chi connectivity index (χ1v) is 7.21. The fraction of sp³-hybridized carbons (Fsp3) is 0.625. The summed E-state index contributed by atoms with van der Waals surface area (Å²) in [5, 5.41) is 3.58. The second kappa shape index (κ2) is 6.40. The quantitative estimate of drug-likeness (QED) is 0.884. The molecule has 1 aliphatic heterocycles. The van der Waals surface area contributed by atoms with Crippen molar-refractivity contribution in [3.63, 3.8) is 0 Å². The van der Waals surface area contributed by atoms with Crippen LogP contribution in [-0.2, 0) is 4.74 Å². The molecule has 3 nitrogen and oxygen atoms in total. The normalized spacial score (nSPS) is 25.0. The van der Waals surface area contributed by atoms with Crippen molar-refractivity contribution in [1.29, 1.82) is 0 Å². The smallest absolute Gasteiger partial charge is 0.118 e. The molecule has 0 spiro atoms. The molecule has 1 heterocycles. The Morgan fingerprint density at radius 1 is 1.32 bits per heavy atom. The molecular weight excluding hydrogens is 238 g/mol. The Morgan fingerprint density at radius 2 is 2.05 bits per heavy atom. The number of nitrogens with one attached hydrogen (secondary N) is 1. The monoisotopic (exact) mass is 263 g/mol. The molecule has 2 rings (SSSR count). The van der Waals surface area contributed by atoms with E-state index in [1.165, 1.54) is 18.4 Å². The Hall–Kier alpha value is -1.06. The van der Waals surface area contributed by atoms with E-state index in [1.807, 2.05) is 12.1 Å². The molecule has 0 radical (unpaired) electrons. The number of rotatable bonds is 5. The third kappa shape index (κ3) is 3.28. The molecule has 3 heteroatoms. The largest absolute Gasteiger partial charge is 0.497 e. The highest BCUT2D eigenvalue weighted by Gasteiger charge is 2.37. The molecule has 1 aliphatic rings. The van der Waals surface area contributed by atoms with Crippen LogP contribution in [0.25, 0.3) is 0 Å². The van der Waals surface area contributed by atoms with Crippen LogP contribution in [0.5, 0.6) is 5.75 Å². The first kappa shape index (κ1) is 14.4. The number of likely N-dealkylation sites (N-methyl/N-ethyl adjacent to an activating group) is 1. The van der Waals surface area contributed by atoms with Crippen LogP contribution in [0.2, 0.25) is 0 Å². The molecule has 106 valence electrons. The van der Waals surface area contributed by atoms with Gasteiger partial charge in [-0.05, 0) is 50.4 Å². The standard InChI is InChI=1S/C16H25NO2/c1-4-17-15(16(2)11-5-6-12-19-16)13-7-9-14(18-3)10-8-13/h7-10,15,17H,4-6,11-12H2,1-3H3. The van der Waals surface area contributed by atoms with Crippen LogP contribution < -0.4 is 10.1 Å². The van der Waals surface area contributed by atoms with Crippen molar-refractivity contribution >= 4 is 0 Å². The molecule has 0 amide bonds. The summed E-state index contributed by atoms with van der Waals surface area (Å²) in [6, 6.07) is 8.55. The van der Waals surface area contributed by atoms with Crippen molar-refractivity contribution < 1.29 is 9.47 Å². The molecule has 0 bridgehead atoms. The number of ether oxygens (including phenoxy) is 2. The van der Waals surface area contributed by atoms with Gasteiger partial charge in [0.1, 0.15) is 5.75 Å². The van der Waals surface area contributed by atoms with Crippen LogP contribution in [0.3, 0.4) is 0 Å². The lowest BCUT2D eigenvalue weighted by Crippen LogP contribution is -2.45. The molecule has 2 unspecified atom stereocenters. The molecule has 1 fully saturated rings. The van der Waals surface area contributed by atoms with Gasteiger partial charge >= 0.3 is 0 Å². The second-order valence-corrected chi connectivity index (χ2v) is 5.38. The summed E-state index contributed by atoms with van der Waals surface area (Å²) in [5.41, 5.74) is 1.16. The third-order valence-electron chi connectivity index (χ3n) is 3.97. The Kier molecular flexibility index (Phi) is 4.83. The molecule has 0 saturated carbocycles. The van der Waals surface area contributed by atoms with Gasteiger partial charge in [0.25, 0.3) is 0 Å².